The average Bonchev–Trinajstić information content (AvgIpc) is 2.14. The quantitative estimate of drug-likeness (QED) is 0.461. The van der Waals surface area contributed by atoms with E-state index >= 15 is 0 Å². The minimum atomic E-state index is -0.0833. The molecule has 0 bridgehead atoms. The second kappa shape index (κ2) is 2.15. The number of nitriles is 1. The van der Waals surface area contributed by atoms with Crippen LogP contribution in [-0.2, 0) is 4.74 Å². The van der Waals surface area contributed by atoms with E-state index in [1.54, 1.807) is 0 Å². The molecule has 0 aliphatic carbocycles. The Bertz CT molecular complexity index is 116. The van der Waals surface area contributed by atoms with E-state index in [9.17, 15) is 0 Å². The molecule has 2 atom stereocenters. The first-order valence-corrected chi connectivity index (χ1v) is 2.69. The van der Waals surface area contributed by atoms with Crippen LogP contribution in [0.25, 0.3) is 0 Å². The van der Waals surface area contributed by atoms with Crippen LogP contribution in [0.5, 0.6) is 0 Å². The van der Waals surface area contributed by atoms with Gasteiger partial charge >= 0.3 is 0 Å². The molecule has 1 fully saturated rings. The smallest absolute Gasteiger partial charge is 0.0747 e. The van der Waals surface area contributed by atoms with Crippen molar-refractivity contribution in [2.45, 2.75) is 12.5 Å². The lowest BCUT2D eigenvalue weighted by molar-refractivity contribution is 0.134. The number of hydrogen-bond acceptors (Lipinski definition) is 2. The van der Waals surface area contributed by atoms with Crippen LogP contribution < -0.4 is 0 Å². The molecule has 0 spiro atoms. The molecule has 8 heavy (non-hydrogen) atoms. The fourth-order valence-electron chi connectivity index (χ4n) is 0.796. The van der Waals surface area contributed by atoms with Crippen LogP contribution >= 0.6 is 0 Å². The highest BCUT2D eigenvalue weighted by Gasteiger charge is 2.23. The molecule has 43 valence electrons. The topological polar surface area (TPSA) is 33.0 Å². The van der Waals surface area contributed by atoms with E-state index in [-0.39, 0.29) is 12.0 Å². The molecule has 1 radical (unpaired) electrons. The van der Waals surface area contributed by atoms with Crippen molar-refractivity contribution in [3.63, 3.8) is 0 Å². The van der Waals surface area contributed by atoms with Crippen molar-refractivity contribution in [3.8, 4) is 6.07 Å². The van der Waals surface area contributed by atoms with Crippen molar-refractivity contribution < 1.29 is 4.74 Å². The minimum Gasteiger partial charge on any atom is -0.377 e. The Balaban J connectivity index is 2.45. The predicted molar refractivity (Wildman–Crippen MR) is 28.8 cm³/mol. The summed E-state index contributed by atoms with van der Waals surface area (Å²) in [6, 6.07) is 2.13. The molecule has 1 aliphatic rings. The summed E-state index contributed by atoms with van der Waals surface area (Å²) in [5, 5.41) is 8.37. The van der Waals surface area contributed by atoms with Gasteiger partial charge in [-0.3, -0.25) is 0 Å². The maximum atomic E-state index is 8.37. The van der Waals surface area contributed by atoms with Gasteiger partial charge in [-0.05, 0) is 13.3 Å². The highest BCUT2D eigenvalue weighted by Crippen LogP contribution is 2.18. The van der Waals surface area contributed by atoms with Gasteiger partial charge in [0, 0.05) is 6.61 Å². The number of nitrogens with zero attached hydrogens (tertiary/aromatic N) is 1. The lowest BCUT2D eigenvalue weighted by Gasteiger charge is -2.01. The van der Waals surface area contributed by atoms with Gasteiger partial charge in [0.1, 0.15) is 0 Å². The van der Waals surface area contributed by atoms with Crippen molar-refractivity contribution in [3.05, 3.63) is 6.92 Å². The number of rotatable bonds is 0. The Hall–Kier alpha value is -0.550. The summed E-state index contributed by atoms with van der Waals surface area (Å²) in [4.78, 5) is 0. The molecule has 2 nitrogen and oxygen atoms in total. The lowest BCUT2D eigenvalue weighted by Crippen LogP contribution is -2.08. The Morgan fingerprint density at radius 2 is 2.50 bits per heavy atom. The number of ether oxygens (including phenoxy) is 1. The molecule has 0 aromatic rings. The van der Waals surface area contributed by atoms with E-state index in [0.717, 1.165) is 6.42 Å². The third-order valence-corrected chi connectivity index (χ3v) is 1.38. The Kier molecular flexibility index (Phi) is 1.50. The molecule has 0 amide bonds. The van der Waals surface area contributed by atoms with Gasteiger partial charge in [0.15, 0.2) is 0 Å². The summed E-state index contributed by atoms with van der Waals surface area (Å²) in [5.74, 6) is 0.0370. The second-order valence-corrected chi connectivity index (χ2v) is 1.93. The molecule has 1 rings (SSSR count). The maximum absolute atomic E-state index is 8.37. The molecule has 0 aromatic carbocycles. The molecule has 2 heteroatoms. The molecule has 0 N–H and O–H groups in total. The van der Waals surface area contributed by atoms with E-state index < -0.39 is 0 Å². The van der Waals surface area contributed by atoms with Gasteiger partial charge in [-0.15, -0.1) is 0 Å². The average molecular weight is 110 g/mol. The van der Waals surface area contributed by atoms with Gasteiger partial charge in [0.25, 0.3) is 0 Å². The molecule has 0 aromatic heterocycles. The molecule has 1 saturated heterocycles. The number of hydrogen-bond donors (Lipinski definition) is 0. The van der Waals surface area contributed by atoms with Crippen LogP contribution in [0.3, 0.4) is 0 Å². The fourth-order valence-corrected chi connectivity index (χ4v) is 0.796. The summed E-state index contributed by atoms with van der Waals surface area (Å²) >= 11 is 0. The van der Waals surface area contributed by atoms with Gasteiger partial charge in [0.2, 0.25) is 0 Å². The summed E-state index contributed by atoms with van der Waals surface area (Å²) < 4.78 is 5.02. The zero-order chi connectivity index (χ0) is 5.98. The molecular formula is C6H8NO. The zero-order valence-corrected chi connectivity index (χ0v) is 4.63. The summed E-state index contributed by atoms with van der Waals surface area (Å²) in [5.41, 5.74) is 0. The molecule has 1 heterocycles. The van der Waals surface area contributed by atoms with Crippen LogP contribution in [0, 0.1) is 24.2 Å². The van der Waals surface area contributed by atoms with Crippen LogP contribution in [-0.4, -0.2) is 12.7 Å². The zero-order valence-electron chi connectivity index (χ0n) is 4.63. The molecule has 2 unspecified atom stereocenters. The first-order chi connectivity index (χ1) is 3.84. The van der Waals surface area contributed by atoms with Crippen molar-refractivity contribution in [2.75, 3.05) is 6.61 Å². The maximum Gasteiger partial charge on any atom is 0.0747 e. The van der Waals surface area contributed by atoms with Crippen molar-refractivity contribution in [1.29, 1.82) is 5.26 Å². The van der Waals surface area contributed by atoms with Crippen molar-refractivity contribution >= 4 is 0 Å². The summed E-state index contributed by atoms with van der Waals surface area (Å²) in [6.45, 7) is 4.35. The normalized spacial score (nSPS) is 37.0. The SMILES string of the molecule is [CH2]C1OCCC1C#N. The first-order valence-electron chi connectivity index (χ1n) is 2.69. The molecule has 1 aliphatic heterocycles. The van der Waals surface area contributed by atoms with E-state index in [0.29, 0.717) is 6.61 Å². The van der Waals surface area contributed by atoms with Crippen LogP contribution in [0.4, 0.5) is 0 Å². The molecule has 0 saturated carbocycles. The Morgan fingerprint density at radius 1 is 1.75 bits per heavy atom. The largest absolute Gasteiger partial charge is 0.377 e. The Labute approximate surface area is 49.1 Å². The Morgan fingerprint density at radius 3 is 2.75 bits per heavy atom. The highest BCUT2D eigenvalue weighted by atomic mass is 16.5. The summed E-state index contributed by atoms with van der Waals surface area (Å²) in [7, 11) is 0. The van der Waals surface area contributed by atoms with Crippen molar-refractivity contribution in [2.24, 2.45) is 5.92 Å². The first kappa shape index (κ1) is 5.58. The monoisotopic (exact) mass is 110 g/mol. The summed E-state index contributed by atoms with van der Waals surface area (Å²) in [6.07, 6.45) is 0.769. The van der Waals surface area contributed by atoms with Crippen LogP contribution in [0.15, 0.2) is 0 Å². The van der Waals surface area contributed by atoms with E-state index in [2.05, 4.69) is 13.0 Å². The molecular weight excluding hydrogens is 102 g/mol. The van der Waals surface area contributed by atoms with Gasteiger partial charge in [-0.2, -0.15) is 5.26 Å². The third-order valence-electron chi connectivity index (χ3n) is 1.38. The fraction of sp³-hybridized carbons (Fsp3) is 0.667. The van der Waals surface area contributed by atoms with Gasteiger partial charge < -0.3 is 4.74 Å². The van der Waals surface area contributed by atoms with E-state index in [1.165, 1.54) is 0 Å². The van der Waals surface area contributed by atoms with E-state index in [1.807, 2.05) is 0 Å². The van der Waals surface area contributed by atoms with Gasteiger partial charge in [-0.25, -0.2) is 0 Å². The van der Waals surface area contributed by atoms with Gasteiger partial charge in [-0.1, -0.05) is 0 Å². The minimum absolute atomic E-state index is 0.0370. The predicted octanol–water partition coefficient (Wildman–Crippen LogP) is 0.749. The lowest BCUT2D eigenvalue weighted by atomic mass is 10.1. The second-order valence-electron chi connectivity index (χ2n) is 1.93. The van der Waals surface area contributed by atoms with Gasteiger partial charge in [0.05, 0.1) is 18.1 Å². The third kappa shape index (κ3) is 0.823. The van der Waals surface area contributed by atoms with Crippen molar-refractivity contribution in [1.82, 2.24) is 0 Å². The highest BCUT2D eigenvalue weighted by molar-refractivity contribution is 4.93. The standard InChI is InChI=1S/C6H8NO/c1-5-6(4-7)2-3-8-5/h5-6H,1-3H2. The van der Waals surface area contributed by atoms with Crippen LogP contribution in [0.2, 0.25) is 0 Å². The van der Waals surface area contributed by atoms with E-state index in [4.69, 9.17) is 10.00 Å². The van der Waals surface area contributed by atoms with Crippen LogP contribution in [0.1, 0.15) is 6.42 Å².